The summed E-state index contributed by atoms with van der Waals surface area (Å²) in [6.07, 6.45) is 0.610. The van der Waals surface area contributed by atoms with Crippen molar-refractivity contribution < 1.29 is 22.4 Å². The Morgan fingerprint density at radius 2 is 1.83 bits per heavy atom. The van der Waals surface area contributed by atoms with Gasteiger partial charge in [-0.05, 0) is 12.8 Å². The molecular weight excluding hydrogens is 328 g/mol. The molecule has 1 fully saturated rings. The third-order valence-electron chi connectivity index (χ3n) is 3.44. The van der Waals surface area contributed by atoms with E-state index in [4.69, 9.17) is 0 Å². The smallest absolute Gasteiger partial charge is 0.281 e. The third kappa shape index (κ3) is 3.44. The van der Waals surface area contributed by atoms with Crippen LogP contribution in [0.25, 0.3) is 0 Å². The Morgan fingerprint density at radius 3 is 2.46 bits per heavy atom. The lowest BCUT2D eigenvalue weighted by Crippen LogP contribution is -2.18. The Labute approximate surface area is 134 Å². The minimum Gasteiger partial charge on any atom is -0.381 e. The Bertz CT molecular complexity index is 780. The fraction of sp³-hybridized carbons (Fsp3) is 0.267. The van der Waals surface area contributed by atoms with Gasteiger partial charge in [0.2, 0.25) is 0 Å². The van der Waals surface area contributed by atoms with Gasteiger partial charge in [0, 0.05) is 24.4 Å². The second-order valence-electron chi connectivity index (χ2n) is 5.31. The number of nitrogens with zero attached hydrogens (tertiary/aromatic N) is 2. The second kappa shape index (κ2) is 6.42. The average molecular weight is 340 g/mol. The number of alkyl halides is 2. The highest BCUT2D eigenvalue weighted by Crippen LogP contribution is 2.32. The van der Waals surface area contributed by atoms with Crippen LogP contribution >= 0.6 is 0 Å². The second-order valence-corrected chi connectivity index (χ2v) is 5.31. The van der Waals surface area contributed by atoms with Crippen molar-refractivity contribution in [3.63, 3.8) is 0 Å². The summed E-state index contributed by atoms with van der Waals surface area (Å²) in [5, 5.41) is 5.25. The Hall–Kier alpha value is -2.71. The van der Waals surface area contributed by atoms with Crippen LogP contribution in [0.4, 0.5) is 28.9 Å². The van der Waals surface area contributed by atoms with Crippen molar-refractivity contribution in [2.45, 2.75) is 25.3 Å². The minimum atomic E-state index is -2.97. The van der Waals surface area contributed by atoms with E-state index in [1.807, 2.05) is 0 Å². The summed E-state index contributed by atoms with van der Waals surface area (Å²) in [7, 11) is 0. The molecular formula is C15H12F4N4O. The van der Waals surface area contributed by atoms with Crippen molar-refractivity contribution in [3.05, 3.63) is 47.5 Å². The maximum Gasteiger partial charge on any atom is 0.281 e. The maximum absolute atomic E-state index is 13.5. The number of carbonyl (C=O) groups excluding carboxylic acids is 1. The SMILES string of the molecule is O=C(Nc1cc(F)c(F)cc1NC1CC1)c1cncnc1C(F)F. The topological polar surface area (TPSA) is 66.9 Å². The summed E-state index contributed by atoms with van der Waals surface area (Å²) in [4.78, 5) is 19.2. The molecule has 0 spiro atoms. The molecule has 2 aromatic rings. The Kier molecular flexibility index (Phi) is 4.32. The van der Waals surface area contributed by atoms with E-state index in [1.54, 1.807) is 0 Å². The van der Waals surface area contributed by atoms with Crippen molar-refractivity contribution in [1.29, 1.82) is 0 Å². The first-order valence-electron chi connectivity index (χ1n) is 7.10. The normalized spacial score (nSPS) is 13.9. The molecule has 1 aromatic heterocycles. The van der Waals surface area contributed by atoms with E-state index in [-0.39, 0.29) is 17.4 Å². The molecule has 0 radical (unpaired) electrons. The Morgan fingerprint density at radius 1 is 1.17 bits per heavy atom. The number of aromatic nitrogens is 2. The zero-order chi connectivity index (χ0) is 17.3. The lowest BCUT2D eigenvalue weighted by molar-refractivity contribution is 0.100. The van der Waals surface area contributed by atoms with Crippen molar-refractivity contribution >= 4 is 17.3 Å². The van der Waals surface area contributed by atoms with Gasteiger partial charge in [0.1, 0.15) is 12.0 Å². The summed E-state index contributed by atoms with van der Waals surface area (Å²) < 4.78 is 52.7. The van der Waals surface area contributed by atoms with Crippen LogP contribution in [0.15, 0.2) is 24.7 Å². The van der Waals surface area contributed by atoms with Crippen LogP contribution in [0, 0.1) is 11.6 Å². The zero-order valence-corrected chi connectivity index (χ0v) is 12.2. The van der Waals surface area contributed by atoms with E-state index in [1.165, 1.54) is 0 Å². The van der Waals surface area contributed by atoms with Crippen LogP contribution in [0.2, 0.25) is 0 Å². The highest BCUT2D eigenvalue weighted by Gasteiger charge is 2.25. The van der Waals surface area contributed by atoms with Crippen LogP contribution in [-0.4, -0.2) is 21.9 Å². The molecule has 126 valence electrons. The van der Waals surface area contributed by atoms with Crippen molar-refractivity contribution in [1.82, 2.24) is 9.97 Å². The molecule has 5 nitrogen and oxygen atoms in total. The maximum atomic E-state index is 13.5. The molecule has 1 heterocycles. The van der Waals surface area contributed by atoms with Gasteiger partial charge >= 0.3 is 0 Å². The molecule has 1 aliphatic rings. The number of hydrogen-bond donors (Lipinski definition) is 2. The van der Waals surface area contributed by atoms with Gasteiger partial charge in [-0.3, -0.25) is 4.79 Å². The highest BCUT2D eigenvalue weighted by molar-refractivity contribution is 6.06. The van der Waals surface area contributed by atoms with Gasteiger partial charge in [0.15, 0.2) is 11.6 Å². The van der Waals surface area contributed by atoms with Crippen LogP contribution in [0.1, 0.15) is 35.3 Å². The summed E-state index contributed by atoms with van der Waals surface area (Å²) >= 11 is 0. The van der Waals surface area contributed by atoms with Gasteiger partial charge in [-0.2, -0.15) is 0 Å². The largest absolute Gasteiger partial charge is 0.381 e. The number of benzene rings is 1. The predicted molar refractivity (Wildman–Crippen MR) is 77.9 cm³/mol. The molecule has 0 saturated heterocycles. The fourth-order valence-corrected chi connectivity index (χ4v) is 2.09. The van der Waals surface area contributed by atoms with Crippen molar-refractivity contribution in [3.8, 4) is 0 Å². The first-order valence-corrected chi connectivity index (χ1v) is 7.10. The molecule has 1 saturated carbocycles. The lowest BCUT2D eigenvalue weighted by atomic mass is 10.2. The third-order valence-corrected chi connectivity index (χ3v) is 3.44. The van der Waals surface area contributed by atoms with E-state index in [2.05, 4.69) is 20.6 Å². The van der Waals surface area contributed by atoms with Crippen LogP contribution in [0.3, 0.4) is 0 Å². The van der Waals surface area contributed by atoms with E-state index >= 15 is 0 Å². The van der Waals surface area contributed by atoms with Gasteiger partial charge in [0.05, 0.1) is 16.9 Å². The first-order chi connectivity index (χ1) is 11.5. The molecule has 9 heteroatoms. The number of halogens is 4. The van der Waals surface area contributed by atoms with Crippen LogP contribution < -0.4 is 10.6 Å². The zero-order valence-electron chi connectivity index (χ0n) is 12.2. The molecule has 0 unspecified atom stereocenters. The van der Waals surface area contributed by atoms with Gasteiger partial charge in [-0.25, -0.2) is 27.5 Å². The van der Waals surface area contributed by atoms with Crippen LogP contribution in [0.5, 0.6) is 0 Å². The number of carbonyl (C=O) groups is 1. The fourth-order valence-electron chi connectivity index (χ4n) is 2.09. The number of amides is 1. The van der Waals surface area contributed by atoms with Crippen LogP contribution in [-0.2, 0) is 0 Å². The first kappa shape index (κ1) is 16.2. The number of anilines is 2. The minimum absolute atomic E-state index is 0.0464. The summed E-state index contributed by atoms with van der Waals surface area (Å²) in [5.41, 5.74) is -1.04. The summed E-state index contributed by atoms with van der Waals surface area (Å²) in [6.45, 7) is 0. The number of hydrogen-bond acceptors (Lipinski definition) is 4. The Balaban J connectivity index is 1.90. The number of nitrogens with one attached hydrogen (secondary N) is 2. The monoisotopic (exact) mass is 340 g/mol. The van der Waals surface area contributed by atoms with Crippen molar-refractivity contribution in [2.24, 2.45) is 0 Å². The van der Waals surface area contributed by atoms with Gasteiger partial charge < -0.3 is 10.6 Å². The molecule has 0 aliphatic heterocycles. The van der Waals surface area contributed by atoms with E-state index in [9.17, 15) is 22.4 Å². The molecule has 1 aromatic carbocycles. The molecule has 0 atom stereocenters. The molecule has 0 bridgehead atoms. The van der Waals surface area contributed by atoms with Gasteiger partial charge in [-0.15, -0.1) is 0 Å². The quantitative estimate of drug-likeness (QED) is 0.818. The van der Waals surface area contributed by atoms with Crippen molar-refractivity contribution in [2.75, 3.05) is 10.6 Å². The van der Waals surface area contributed by atoms with Gasteiger partial charge in [0.25, 0.3) is 12.3 Å². The van der Waals surface area contributed by atoms with E-state index in [0.29, 0.717) is 0 Å². The average Bonchev–Trinajstić information content (AvgIpc) is 3.36. The molecule has 1 amide bonds. The number of rotatable bonds is 5. The lowest BCUT2D eigenvalue weighted by Gasteiger charge is -2.14. The predicted octanol–water partition coefficient (Wildman–Crippen LogP) is 3.52. The molecule has 24 heavy (non-hydrogen) atoms. The van der Waals surface area contributed by atoms with E-state index in [0.717, 1.165) is 37.5 Å². The summed E-state index contributed by atoms with van der Waals surface area (Å²) in [5.74, 6) is -3.17. The van der Waals surface area contributed by atoms with Gasteiger partial charge in [-0.1, -0.05) is 0 Å². The van der Waals surface area contributed by atoms with E-state index < -0.39 is 35.2 Å². The highest BCUT2D eigenvalue weighted by atomic mass is 19.3. The molecule has 2 N–H and O–H groups in total. The molecule has 3 rings (SSSR count). The molecule has 1 aliphatic carbocycles. The standard InChI is InChI=1S/C15H12F4N4O/c16-9-3-11(22-7-1-2-7)12(4-10(9)17)23-15(24)8-5-20-6-21-13(8)14(18)19/h3-7,14,22H,1-2H2,(H,23,24). The summed E-state index contributed by atoms with van der Waals surface area (Å²) in [6, 6.07) is 1.82.